The molecule has 0 bridgehead atoms. The van der Waals surface area contributed by atoms with Crippen molar-refractivity contribution in [2.75, 3.05) is 0 Å². The predicted molar refractivity (Wildman–Crippen MR) is 47.7 cm³/mol. The van der Waals surface area contributed by atoms with Crippen LogP contribution in [-0.2, 0) is 0 Å². The summed E-state index contributed by atoms with van der Waals surface area (Å²) >= 11 is 0. The van der Waals surface area contributed by atoms with Crippen molar-refractivity contribution in [3.8, 4) is 0 Å². The number of nitrogens with zero attached hydrogens (tertiary/aromatic N) is 2. The average molecular weight is 186 g/mol. The zero-order valence-electron chi connectivity index (χ0n) is 7.48. The van der Waals surface area contributed by atoms with Crippen LogP contribution in [0.5, 0.6) is 0 Å². The summed E-state index contributed by atoms with van der Waals surface area (Å²) in [4.78, 5) is 10.3. The molecule has 1 saturated carbocycles. The van der Waals surface area contributed by atoms with Gasteiger partial charge in [-0.25, -0.2) is 0 Å². The molecule has 5 heteroatoms. The largest absolute Gasteiger partial charge is 0.411 e. The summed E-state index contributed by atoms with van der Waals surface area (Å²) < 4.78 is 0. The second-order valence-corrected chi connectivity index (χ2v) is 3.35. The van der Waals surface area contributed by atoms with E-state index in [9.17, 15) is 10.1 Å². The Morgan fingerprint density at radius 3 is 2.69 bits per heavy atom. The first-order chi connectivity index (χ1) is 6.25. The van der Waals surface area contributed by atoms with E-state index in [2.05, 4.69) is 5.16 Å². The molecule has 1 atom stereocenters. The van der Waals surface area contributed by atoms with Gasteiger partial charge >= 0.3 is 0 Å². The molecule has 0 aromatic rings. The number of hydrogen-bond acceptors (Lipinski definition) is 4. The van der Waals surface area contributed by atoms with Gasteiger partial charge in [0.1, 0.15) is 5.71 Å². The SMILES string of the molecule is O=[N+]([O-])C1CCCCCCC1=NO. The molecule has 1 N–H and O–H groups in total. The molecule has 5 nitrogen and oxygen atoms in total. The van der Waals surface area contributed by atoms with Gasteiger partial charge in [0.05, 0.1) is 0 Å². The van der Waals surface area contributed by atoms with Gasteiger partial charge in [0, 0.05) is 11.3 Å². The second kappa shape index (κ2) is 4.79. The molecule has 0 spiro atoms. The van der Waals surface area contributed by atoms with Gasteiger partial charge in [-0.3, -0.25) is 10.1 Å². The number of nitro groups is 1. The highest BCUT2D eigenvalue weighted by Crippen LogP contribution is 2.17. The standard InChI is InChI=1S/C8H14N2O3/c11-9-7-5-3-1-2-4-6-8(7)10(12)13/h8,11H,1-6H2. The first-order valence-corrected chi connectivity index (χ1v) is 4.60. The van der Waals surface area contributed by atoms with Crippen molar-refractivity contribution in [1.82, 2.24) is 0 Å². The van der Waals surface area contributed by atoms with Crippen molar-refractivity contribution in [3.63, 3.8) is 0 Å². The molecule has 0 aromatic carbocycles. The summed E-state index contributed by atoms with van der Waals surface area (Å²) in [5.41, 5.74) is 0.338. The van der Waals surface area contributed by atoms with Gasteiger partial charge in [-0.1, -0.05) is 18.0 Å². The minimum Gasteiger partial charge on any atom is -0.411 e. The summed E-state index contributed by atoms with van der Waals surface area (Å²) in [5, 5.41) is 22.2. The van der Waals surface area contributed by atoms with E-state index in [0.29, 0.717) is 18.6 Å². The third-order valence-electron chi connectivity index (χ3n) is 2.43. The van der Waals surface area contributed by atoms with Crippen LogP contribution in [0.4, 0.5) is 0 Å². The van der Waals surface area contributed by atoms with E-state index in [1.165, 1.54) is 0 Å². The molecule has 74 valence electrons. The third-order valence-corrected chi connectivity index (χ3v) is 2.43. The Labute approximate surface area is 76.6 Å². The Bertz CT molecular complexity index is 215. The van der Waals surface area contributed by atoms with Gasteiger partial charge < -0.3 is 5.21 Å². The molecule has 0 amide bonds. The van der Waals surface area contributed by atoms with Crippen LogP contribution >= 0.6 is 0 Å². The molecule has 0 heterocycles. The van der Waals surface area contributed by atoms with Crippen LogP contribution in [0.15, 0.2) is 5.16 Å². The van der Waals surface area contributed by atoms with Crippen molar-refractivity contribution >= 4 is 5.71 Å². The van der Waals surface area contributed by atoms with E-state index < -0.39 is 6.04 Å². The maximum Gasteiger partial charge on any atom is 0.254 e. The van der Waals surface area contributed by atoms with Gasteiger partial charge in [0.25, 0.3) is 6.04 Å². The van der Waals surface area contributed by atoms with E-state index in [1.807, 2.05) is 0 Å². The lowest BCUT2D eigenvalue weighted by Gasteiger charge is -2.13. The molecular formula is C8H14N2O3. The Balaban J connectivity index is 2.67. The van der Waals surface area contributed by atoms with Crippen molar-refractivity contribution in [2.24, 2.45) is 5.16 Å². The van der Waals surface area contributed by atoms with E-state index in [4.69, 9.17) is 5.21 Å². The van der Waals surface area contributed by atoms with E-state index in [0.717, 1.165) is 25.7 Å². The molecule has 1 fully saturated rings. The van der Waals surface area contributed by atoms with Crippen molar-refractivity contribution in [3.05, 3.63) is 10.1 Å². The Morgan fingerprint density at radius 2 is 2.08 bits per heavy atom. The van der Waals surface area contributed by atoms with Crippen LogP contribution in [0, 0.1) is 10.1 Å². The topological polar surface area (TPSA) is 75.7 Å². The summed E-state index contributed by atoms with van der Waals surface area (Å²) in [6.07, 6.45) is 4.93. The third kappa shape index (κ3) is 2.68. The van der Waals surface area contributed by atoms with Gasteiger partial charge in [-0.15, -0.1) is 0 Å². The Kier molecular flexibility index (Phi) is 3.67. The normalized spacial score (nSPS) is 28.0. The van der Waals surface area contributed by atoms with E-state index in [1.54, 1.807) is 0 Å². The molecule has 1 aliphatic carbocycles. The van der Waals surface area contributed by atoms with Crippen LogP contribution < -0.4 is 0 Å². The average Bonchev–Trinajstić information content (AvgIpc) is 2.03. The number of oxime groups is 1. The fraction of sp³-hybridized carbons (Fsp3) is 0.875. The molecule has 1 rings (SSSR count). The molecule has 0 aromatic heterocycles. The number of rotatable bonds is 1. The van der Waals surface area contributed by atoms with Crippen LogP contribution in [0.3, 0.4) is 0 Å². The zero-order valence-corrected chi connectivity index (χ0v) is 7.48. The second-order valence-electron chi connectivity index (χ2n) is 3.35. The van der Waals surface area contributed by atoms with Gasteiger partial charge in [0.15, 0.2) is 0 Å². The summed E-state index contributed by atoms with van der Waals surface area (Å²) in [5.74, 6) is 0. The molecule has 0 aliphatic heterocycles. The lowest BCUT2D eigenvalue weighted by Crippen LogP contribution is -2.30. The predicted octanol–water partition coefficient (Wildman–Crippen LogP) is 1.82. The van der Waals surface area contributed by atoms with Crippen LogP contribution in [-0.4, -0.2) is 21.9 Å². The first kappa shape index (κ1) is 9.95. The van der Waals surface area contributed by atoms with E-state index in [-0.39, 0.29) is 4.92 Å². The lowest BCUT2D eigenvalue weighted by molar-refractivity contribution is -0.504. The van der Waals surface area contributed by atoms with Crippen LogP contribution in [0.25, 0.3) is 0 Å². The van der Waals surface area contributed by atoms with Crippen LogP contribution in [0.1, 0.15) is 38.5 Å². The smallest absolute Gasteiger partial charge is 0.254 e. The lowest BCUT2D eigenvalue weighted by atomic mass is 9.95. The highest BCUT2D eigenvalue weighted by atomic mass is 16.6. The minimum absolute atomic E-state index is 0.338. The molecule has 1 aliphatic rings. The van der Waals surface area contributed by atoms with Crippen molar-refractivity contribution < 1.29 is 10.1 Å². The van der Waals surface area contributed by atoms with Gasteiger partial charge in [-0.05, 0) is 19.3 Å². The van der Waals surface area contributed by atoms with Crippen LogP contribution in [0.2, 0.25) is 0 Å². The maximum atomic E-state index is 10.6. The monoisotopic (exact) mass is 186 g/mol. The highest BCUT2D eigenvalue weighted by Gasteiger charge is 2.27. The minimum atomic E-state index is -0.759. The Hall–Kier alpha value is -1.13. The van der Waals surface area contributed by atoms with Gasteiger partial charge in [0.2, 0.25) is 0 Å². The quantitative estimate of drug-likeness (QED) is 0.385. The van der Waals surface area contributed by atoms with E-state index >= 15 is 0 Å². The first-order valence-electron chi connectivity index (χ1n) is 4.60. The summed E-state index contributed by atoms with van der Waals surface area (Å²) in [6, 6.07) is -0.759. The maximum absolute atomic E-state index is 10.6. The molecule has 0 radical (unpaired) electrons. The summed E-state index contributed by atoms with van der Waals surface area (Å²) in [7, 11) is 0. The fourth-order valence-electron chi connectivity index (χ4n) is 1.67. The summed E-state index contributed by atoms with van der Waals surface area (Å²) in [6.45, 7) is 0. The zero-order chi connectivity index (χ0) is 9.68. The molecule has 0 saturated heterocycles. The van der Waals surface area contributed by atoms with Gasteiger partial charge in [-0.2, -0.15) is 0 Å². The van der Waals surface area contributed by atoms with Crippen molar-refractivity contribution in [1.29, 1.82) is 0 Å². The van der Waals surface area contributed by atoms with Crippen molar-refractivity contribution in [2.45, 2.75) is 44.6 Å². The molecule has 13 heavy (non-hydrogen) atoms. The number of hydrogen-bond donors (Lipinski definition) is 1. The fourth-order valence-corrected chi connectivity index (χ4v) is 1.67. The highest BCUT2D eigenvalue weighted by molar-refractivity contribution is 5.88. The molecule has 1 unspecified atom stereocenters. The Morgan fingerprint density at radius 1 is 1.38 bits per heavy atom. The molecular weight excluding hydrogens is 172 g/mol.